The van der Waals surface area contributed by atoms with Crippen LogP contribution in [0.15, 0.2) is 18.2 Å². The van der Waals surface area contributed by atoms with Gasteiger partial charge in [0.1, 0.15) is 0 Å². The van der Waals surface area contributed by atoms with Crippen molar-refractivity contribution in [3.63, 3.8) is 0 Å². The summed E-state index contributed by atoms with van der Waals surface area (Å²) in [5.74, 6) is 1.34. The SMILES string of the molecule is COc1ccc(CNC(=O)CN2CCCN(CC(=O)NC(C)(C)C)CC2)cc1OC. The molecule has 30 heavy (non-hydrogen) atoms. The molecule has 2 amide bonds. The monoisotopic (exact) mass is 420 g/mol. The minimum atomic E-state index is -0.221. The second kappa shape index (κ2) is 11.2. The minimum absolute atomic E-state index is 0.0105. The van der Waals surface area contributed by atoms with E-state index in [0.29, 0.717) is 31.1 Å². The molecule has 1 saturated heterocycles. The van der Waals surface area contributed by atoms with Crippen molar-refractivity contribution in [1.29, 1.82) is 0 Å². The number of nitrogens with zero attached hydrogens (tertiary/aromatic N) is 2. The van der Waals surface area contributed by atoms with E-state index in [1.165, 1.54) is 0 Å². The molecule has 0 unspecified atom stereocenters. The Morgan fingerprint density at radius 3 is 2.10 bits per heavy atom. The van der Waals surface area contributed by atoms with Crippen LogP contribution >= 0.6 is 0 Å². The van der Waals surface area contributed by atoms with E-state index in [0.717, 1.165) is 38.2 Å². The Bertz CT molecular complexity index is 718. The summed E-state index contributed by atoms with van der Waals surface area (Å²) < 4.78 is 10.5. The Morgan fingerprint density at radius 1 is 0.933 bits per heavy atom. The summed E-state index contributed by atoms with van der Waals surface area (Å²) >= 11 is 0. The van der Waals surface area contributed by atoms with Gasteiger partial charge in [0.2, 0.25) is 11.8 Å². The second-order valence-corrected chi connectivity index (χ2v) is 8.67. The van der Waals surface area contributed by atoms with E-state index in [-0.39, 0.29) is 17.4 Å². The number of benzene rings is 1. The van der Waals surface area contributed by atoms with Crippen molar-refractivity contribution >= 4 is 11.8 Å². The first-order valence-corrected chi connectivity index (χ1v) is 10.4. The van der Waals surface area contributed by atoms with Crippen molar-refractivity contribution < 1.29 is 19.1 Å². The Hall–Kier alpha value is -2.32. The predicted molar refractivity (Wildman–Crippen MR) is 117 cm³/mol. The van der Waals surface area contributed by atoms with Gasteiger partial charge >= 0.3 is 0 Å². The van der Waals surface area contributed by atoms with Crippen LogP contribution in [-0.2, 0) is 16.1 Å². The maximum Gasteiger partial charge on any atom is 0.234 e. The van der Waals surface area contributed by atoms with Crippen molar-refractivity contribution in [3.8, 4) is 11.5 Å². The number of rotatable bonds is 8. The quantitative estimate of drug-likeness (QED) is 0.659. The summed E-state index contributed by atoms with van der Waals surface area (Å²) in [5.41, 5.74) is 0.730. The first kappa shape index (κ1) is 24.0. The van der Waals surface area contributed by atoms with Gasteiger partial charge in [-0.25, -0.2) is 0 Å². The zero-order chi connectivity index (χ0) is 22.1. The molecule has 1 aliphatic heterocycles. The van der Waals surface area contributed by atoms with Crippen LogP contribution in [0.25, 0.3) is 0 Å². The Labute approximate surface area is 179 Å². The fourth-order valence-electron chi connectivity index (χ4n) is 3.45. The first-order chi connectivity index (χ1) is 14.2. The van der Waals surface area contributed by atoms with Crippen LogP contribution in [0.4, 0.5) is 0 Å². The van der Waals surface area contributed by atoms with Gasteiger partial charge in [-0.05, 0) is 58.0 Å². The van der Waals surface area contributed by atoms with Crippen LogP contribution < -0.4 is 20.1 Å². The molecule has 8 heteroatoms. The van der Waals surface area contributed by atoms with E-state index >= 15 is 0 Å². The number of ether oxygens (including phenoxy) is 2. The molecule has 1 heterocycles. The van der Waals surface area contributed by atoms with Gasteiger partial charge in [-0.1, -0.05) is 6.07 Å². The van der Waals surface area contributed by atoms with Gasteiger partial charge in [-0.2, -0.15) is 0 Å². The zero-order valence-corrected chi connectivity index (χ0v) is 18.9. The molecule has 1 fully saturated rings. The molecule has 0 bridgehead atoms. The number of nitrogens with one attached hydrogen (secondary N) is 2. The fourth-order valence-corrected chi connectivity index (χ4v) is 3.45. The summed E-state index contributed by atoms with van der Waals surface area (Å²) in [4.78, 5) is 28.9. The fraction of sp³-hybridized carbons (Fsp3) is 0.636. The van der Waals surface area contributed by atoms with E-state index in [1.807, 2.05) is 39.0 Å². The molecule has 168 valence electrons. The van der Waals surface area contributed by atoms with Crippen LogP contribution in [0.2, 0.25) is 0 Å². The number of hydrogen-bond acceptors (Lipinski definition) is 6. The first-order valence-electron chi connectivity index (χ1n) is 10.4. The van der Waals surface area contributed by atoms with Gasteiger partial charge < -0.3 is 20.1 Å². The van der Waals surface area contributed by atoms with Gasteiger partial charge in [-0.15, -0.1) is 0 Å². The Balaban J connectivity index is 1.76. The largest absolute Gasteiger partial charge is 0.493 e. The third kappa shape index (κ3) is 8.20. The minimum Gasteiger partial charge on any atom is -0.493 e. The third-order valence-electron chi connectivity index (χ3n) is 4.87. The van der Waals surface area contributed by atoms with Crippen LogP contribution in [-0.4, -0.2) is 80.6 Å². The second-order valence-electron chi connectivity index (χ2n) is 8.67. The lowest BCUT2D eigenvalue weighted by molar-refractivity contribution is -0.124. The Morgan fingerprint density at radius 2 is 1.53 bits per heavy atom. The van der Waals surface area contributed by atoms with Crippen LogP contribution in [0, 0.1) is 0 Å². The molecule has 0 radical (unpaired) electrons. The van der Waals surface area contributed by atoms with E-state index in [1.54, 1.807) is 14.2 Å². The molecule has 1 aliphatic rings. The van der Waals surface area contributed by atoms with E-state index < -0.39 is 0 Å². The molecule has 0 atom stereocenters. The summed E-state index contributed by atoms with van der Waals surface area (Å²) in [6, 6.07) is 5.61. The van der Waals surface area contributed by atoms with Crippen molar-refractivity contribution in [1.82, 2.24) is 20.4 Å². The number of hydrogen-bond donors (Lipinski definition) is 2. The smallest absolute Gasteiger partial charge is 0.234 e. The van der Waals surface area contributed by atoms with Crippen LogP contribution in [0.3, 0.4) is 0 Å². The maximum absolute atomic E-state index is 12.4. The summed E-state index contributed by atoms with van der Waals surface area (Å²) in [7, 11) is 3.19. The van der Waals surface area contributed by atoms with E-state index in [4.69, 9.17) is 9.47 Å². The lowest BCUT2D eigenvalue weighted by Gasteiger charge is -2.25. The summed E-state index contributed by atoms with van der Waals surface area (Å²) in [6.07, 6.45) is 0.936. The zero-order valence-electron chi connectivity index (χ0n) is 18.9. The molecule has 8 nitrogen and oxygen atoms in total. The van der Waals surface area contributed by atoms with Crippen molar-refractivity contribution in [2.24, 2.45) is 0 Å². The molecule has 0 aromatic heterocycles. The van der Waals surface area contributed by atoms with E-state index in [9.17, 15) is 9.59 Å². The van der Waals surface area contributed by atoms with Gasteiger partial charge in [0.05, 0.1) is 27.3 Å². The lowest BCUT2D eigenvalue weighted by Crippen LogP contribution is -2.46. The average molecular weight is 421 g/mol. The number of carbonyl (C=O) groups is 2. The average Bonchev–Trinajstić information content (AvgIpc) is 2.89. The molecule has 0 aliphatic carbocycles. The Kier molecular flexibility index (Phi) is 8.92. The number of methoxy groups -OCH3 is 2. The van der Waals surface area contributed by atoms with Crippen molar-refractivity contribution in [2.75, 3.05) is 53.5 Å². The van der Waals surface area contributed by atoms with Crippen LogP contribution in [0.5, 0.6) is 11.5 Å². The normalized spacial score (nSPS) is 15.9. The molecule has 2 N–H and O–H groups in total. The molecule has 1 aromatic rings. The van der Waals surface area contributed by atoms with E-state index in [2.05, 4.69) is 20.4 Å². The highest BCUT2D eigenvalue weighted by Crippen LogP contribution is 2.27. The molecule has 0 spiro atoms. The highest BCUT2D eigenvalue weighted by molar-refractivity contribution is 5.79. The highest BCUT2D eigenvalue weighted by atomic mass is 16.5. The maximum atomic E-state index is 12.4. The van der Waals surface area contributed by atoms with Crippen molar-refractivity contribution in [2.45, 2.75) is 39.3 Å². The molecule has 0 saturated carbocycles. The van der Waals surface area contributed by atoms with Crippen molar-refractivity contribution in [3.05, 3.63) is 23.8 Å². The van der Waals surface area contributed by atoms with Gasteiger partial charge in [0.15, 0.2) is 11.5 Å². The van der Waals surface area contributed by atoms with Gasteiger partial charge in [0.25, 0.3) is 0 Å². The number of carbonyl (C=O) groups excluding carboxylic acids is 2. The topological polar surface area (TPSA) is 83.1 Å². The van der Waals surface area contributed by atoms with Gasteiger partial charge in [0, 0.05) is 25.2 Å². The summed E-state index contributed by atoms with van der Waals surface area (Å²) in [5, 5.41) is 5.97. The highest BCUT2D eigenvalue weighted by Gasteiger charge is 2.20. The standard InChI is InChI=1S/C22H36N4O4/c1-22(2,3)24-21(28)16-26-10-6-9-25(11-12-26)15-20(27)23-14-17-7-8-18(29-4)19(13-17)30-5/h7-8,13H,6,9-12,14-16H2,1-5H3,(H,23,27)(H,24,28). The molecule has 1 aromatic carbocycles. The number of amides is 2. The molecule has 2 rings (SSSR count). The molecular weight excluding hydrogens is 384 g/mol. The van der Waals surface area contributed by atoms with Gasteiger partial charge in [-0.3, -0.25) is 19.4 Å². The predicted octanol–water partition coefficient (Wildman–Crippen LogP) is 1.24. The molecular formula is C22H36N4O4. The lowest BCUT2D eigenvalue weighted by atomic mass is 10.1. The summed E-state index contributed by atoms with van der Waals surface area (Å²) in [6.45, 7) is 10.4. The third-order valence-corrected chi connectivity index (χ3v) is 4.87. The van der Waals surface area contributed by atoms with Crippen LogP contribution in [0.1, 0.15) is 32.8 Å².